The van der Waals surface area contributed by atoms with E-state index < -0.39 is 23.6 Å². The van der Waals surface area contributed by atoms with Gasteiger partial charge in [0.25, 0.3) is 5.91 Å². The maximum Gasteiger partial charge on any atom is 0.265 e. The number of halogens is 2. The number of carbonyl (C=O) groups excluding carboxylic acids is 2. The van der Waals surface area contributed by atoms with Crippen LogP contribution in [0.2, 0.25) is 0 Å². The molecule has 2 amide bonds. The Morgan fingerprint density at radius 3 is 2.63 bits per heavy atom. The van der Waals surface area contributed by atoms with E-state index in [1.807, 2.05) is 6.92 Å². The van der Waals surface area contributed by atoms with Gasteiger partial charge in [0.15, 0.2) is 17.7 Å². The number of hydrogen-bond acceptors (Lipinski definition) is 3. The number of anilines is 2. The number of ether oxygens (including phenoxy) is 1. The van der Waals surface area contributed by atoms with Crippen LogP contribution in [-0.2, 0) is 9.59 Å². The molecule has 2 aromatic rings. The second-order valence-electron chi connectivity index (χ2n) is 6.47. The summed E-state index contributed by atoms with van der Waals surface area (Å²) in [7, 11) is 0. The zero-order valence-corrected chi connectivity index (χ0v) is 15.1. The summed E-state index contributed by atoms with van der Waals surface area (Å²) < 4.78 is 31.9. The minimum atomic E-state index is -0.981. The van der Waals surface area contributed by atoms with Gasteiger partial charge in [-0.3, -0.25) is 9.59 Å². The summed E-state index contributed by atoms with van der Waals surface area (Å²) in [6.45, 7) is 4.03. The fourth-order valence-electron chi connectivity index (χ4n) is 3.00. The molecule has 0 aromatic heterocycles. The molecule has 1 fully saturated rings. The van der Waals surface area contributed by atoms with Gasteiger partial charge >= 0.3 is 0 Å². The fraction of sp³-hybridized carbons (Fsp3) is 0.300. The Kier molecular flexibility index (Phi) is 5.39. The second kappa shape index (κ2) is 7.73. The molecular formula is C20H20F2N2O3. The monoisotopic (exact) mass is 374 g/mol. The van der Waals surface area contributed by atoms with E-state index in [9.17, 15) is 18.4 Å². The van der Waals surface area contributed by atoms with Gasteiger partial charge in [0.05, 0.1) is 0 Å². The van der Waals surface area contributed by atoms with Crippen molar-refractivity contribution in [2.75, 3.05) is 16.8 Å². The third-order valence-corrected chi connectivity index (χ3v) is 4.40. The number of hydrogen-bond donors (Lipinski definition) is 1. The molecule has 5 nitrogen and oxygen atoms in total. The molecule has 0 spiro atoms. The van der Waals surface area contributed by atoms with Gasteiger partial charge in [-0.25, -0.2) is 8.78 Å². The molecule has 3 rings (SSSR count). The third kappa shape index (κ3) is 4.24. The van der Waals surface area contributed by atoms with Crippen LogP contribution >= 0.6 is 0 Å². The highest BCUT2D eigenvalue weighted by atomic mass is 19.1. The average Bonchev–Trinajstić information content (AvgIpc) is 3.03. The highest BCUT2D eigenvalue weighted by molar-refractivity contribution is 5.97. The van der Waals surface area contributed by atoms with E-state index >= 15 is 0 Å². The highest BCUT2D eigenvalue weighted by Gasteiger charge is 2.23. The van der Waals surface area contributed by atoms with Crippen molar-refractivity contribution < 1.29 is 23.1 Å². The minimum Gasteiger partial charge on any atom is -0.478 e. The molecule has 1 aliphatic heterocycles. The number of aryl methyl sites for hydroxylation is 1. The largest absolute Gasteiger partial charge is 0.478 e. The zero-order valence-electron chi connectivity index (χ0n) is 15.1. The number of carbonyl (C=O) groups is 2. The van der Waals surface area contributed by atoms with Crippen LogP contribution in [0.1, 0.15) is 25.3 Å². The summed E-state index contributed by atoms with van der Waals surface area (Å²) >= 11 is 0. The van der Waals surface area contributed by atoms with E-state index in [0.29, 0.717) is 24.7 Å². The van der Waals surface area contributed by atoms with Gasteiger partial charge in [0.2, 0.25) is 5.91 Å². The topological polar surface area (TPSA) is 58.6 Å². The Balaban J connectivity index is 1.66. The average molecular weight is 374 g/mol. The molecule has 1 unspecified atom stereocenters. The van der Waals surface area contributed by atoms with Crippen molar-refractivity contribution in [3.05, 3.63) is 53.6 Å². The molecule has 1 atom stereocenters. The number of amides is 2. The SMILES string of the molecule is Cc1cc(NC(=O)C(C)Oc2ccc(F)cc2F)ccc1N1CCCC1=O. The van der Waals surface area contributed by atoms with Gasteiger partial charge in [-0.15, -0.1) is 0 Å². The second-order valence-corrected chi connectivity index (χ2v) is 6.47. The number of nitrogens with one attached hydrogen (secondary N) is 1. The lowest BCUT2D eigenvalue weighted by Gasteiger charge is -2.20. The summed E-state index contributed by atoms with van der Waals surface area (Å²) in [6, 6.07) is 8.16. The Morgan fingerprint density at radius 2 is 2.00 bits per heavy atom. The Hall–Kier alpha value is -2.96. The first-order valence-corrected chi connectivity index (χ1v) is 8.69. The van der Waals surface area contributed by atoms with Crippen molar-refractivity contribution in [1.82, 2.24) is 0 Å². The maximum absolute atomic E-state index is 13.6. The summed E-state index contributed by atoms with van der Waals surface area (Å²) in [5.41, 5.74) is 2.23. The third-order valence-electron chi connectivity index (χ3n) is 4.40. The summed E-state index contributed by atoms with van der Waals surface area (Å²) in [5.74, 6) is -2.16. The van der Waals surface area contributed by atoms with E-state index in [2.05, 4.69) is 5.32 Å². The van der Waals surface area contributed by atoms with Crippen LogP contribution in [0, 0.1) is 18.6 Å². The number of rotatable bonds is 5. The van der Waals surface area contributed by atoms with E-state index in [-0.39, 0.29) is 11.7 Å². The summed E-state index contributed by atoms with van der Waals surface area (Å²) in [5, 5.41) is 2.70. The van der Waals surface area contributed by atoms with E-state index in [1.165, 1.54) is 6.92 Å². The van der Waals surface area contributed by atoms with Crippen LogP contribution in [0.25, 0.3) is 0 Å². The van der Waals surface area contributed by atoms with Crippen LogP contribution < -0.4 is 15.0 Å². The lowest BCUT2D eigenvalue weighted by molar-refractivity contribution is -0.122. The van der Waals surface area contributed by atoms with Gasteiger partial charge in [-0.2, -0.15) is 0 Å². The van der Waals surface area contributed by atoms with Crippen molar-refractivity contribution in [3.63, 3.8) is 0 Å². The summed E-state index contributed by atoms with van der Waals surface area (Å²) in [4.78, 5) is 25.9. The fourth-order valence-corrected chi connectivity index (χ4v) is 3.00. The zero-order chi connectivity index (χ0) is 19.6. The summed E-state index contributed by atoms with van der Waals surface area (Å²) in [6.07, 6.45) is 0.406. The van der Waals surface area contributed by atoms with E-state index in [4.69, 9.17) is 4.74 Å². The first-order chi connectivity index (χ1) is 12.8. The first-order valence-electron chi connectivity index (χ1n) is 8.69. The van der Waals surface area contributed by atoms with Crippen molar-refractivity contribution in [3.8, 4) is 5.75 Å². The van der Waals surface area contributed by atoms with E-state index in [1.54, 1.807) is 23.1 Å². The van der Waals surface area contributed by atoms with Crippen LogP contribution in [0.3, 0.4) is 0 Å². The molecule has 7 heteroatoms. The molecule has 0 aliphatic carbocycles. The number of nitrogens with zero attached hydrogens (tertiary/aromatic N) is 1. The lowest BCUT2D eigenvalue weighted by Crippen LogP contribution is -2.30. The molecule has 0 bridgehead atoms. The standard InChI is InChI=1S/C20H20F2N2O3/c1-12-10-15(6-7-17(12)24-9-3-4-19(24)25)23-20(26)13(2)27-18-8-5-14(21)11-16(18)22/h5-8,10-11,13H,3-4,9H2,1-2H3,(H,23,26). The van der Waals surface area contributed by atoms with Gasteiger partial charge < -0.3 is 15.0 Å². The predicted molar refractivity (Wildman–Crippen MR) is 97.8 cm³/mol. The van der Waals surface area contributed by atoms with Gasteiger partial charge in [-0.05, 0) is 56.2 Å². The smallest absolute Gasteiger partial charge is 0.265 e. The lowest BCUT2D eigenvalue weighted by atomic mass is 10.1. The van der Waals surface area contributed by atoms with Crippen LogP contribution in [0.4, 0.5) is 20.2 Å². The van der Waals surface area contributed by atoms with Crippen LogP contribution in [-0.4, -0.2) is 24.5 Å². The quantitative estimate of drug-likeness (QED) is 0.866. The van der Waals surface area contributed by atoms with Crippen molar-refractivity contribution in [2.24, 2.45) is 0 Å². The van der Waals surface area contributed by atoms with E-state index in [0.717, 1.165) is 29.8 Å². The van der Waals surface area contributed by atoms with Gasteiger partial charge in [0, 0.05) is 30.4 Å². The molecule has 1 aliphatic rings. The number of benzene rings is 2. The van der Waals surface area contributed by atoms with Crippen molar-refractivity contribution in [1.29, 1.82) is 0 Å². The molecular weight excluding hydrogens is 354 g/mol. The molecule has 1 heterocycles. The Labute approximate surface area is 155 Å². The molecule has 0 saturated carbocycles. The first kappa shape index (κ1) is 18.8. The maximum atomic E-state index is 13.6. The normalized spacial score (nSPS) is 15.0. The molecule has 27 heavy (non-hydrogen) atoms. The van der Waals surface area contributed by atoms with Crippen molar-refractivity contribution >= 4 is 23.2 Å². The van der Waals surface area contributed by atoms with Gasteiger partial charge in [0.1, 0.15) is 5.82 Å². The molecule has 2 aromatic carbocycles. The minimum absolute atomic E-state index is 0.0956. The van der Waals surface area contributed by atoms with Crippen LogP contribution in [0.5, 0.6) is 5.75 Å². The molecule has 1 saturated heterocycles. The molecule has 1 N–H and O–H groups in total. The Bertz CT molecular complexity index is 886. The molecule has 0 radical (unpaired) electrons. The van der Waals surface area contributed by atoms with Gasteiger partial charge in [-0.1, -0.05) is 0 Å². The Morgan fingerprint density at radius 1 is 1.22 bits per heavy atom. The molecule has 142 valence electrons. The highest BCUT2D eigenvalue weighted by Crippen LogP contribution is 2.27. The van der Waals surface area contributed by atoms with Crippen molar-refractivity contribution in [2.45, 2.75) is 32.8 Å². The predicted octanol–water partition coefficient (Wildman–Crippen LogP) is 3.81. The van der Waals surface area contributed by atoms with Crippen LogP contribution in [0.15, 0.2) is 36.4 Å².